The van der Waals surface area contributed by atoms with E-state index in [1.54, 1.807) is 12.0 Å². The molecule has 2 fully saturated rings. The van der Waals surface area contributed by atoms with Crippen LogP contribution in [0.3, 0.4) is 0 Å². The van der Waals surface area contributed by atoms with Crippen molar-refractivity contribution in [2.24, 2.45) is 0 Å². The Morgan fingerprint density at radius 1 is 1.37 bits per heavy atom. The first-order valence-corrected chi connectivity index (χ1v) is 6.22. The molecule has 2 saturated heterocycles. The first kappa shape index (κ1) is 14.7. The molecular formula is C12H21NO6. The maximum absolute atomic E-state index is 12.0. The molecular weight excluding hydrogens is 254 g/mol. The molecule has 19 heavy (non-hydrogen) atoms. The maximum atomic E-state index is 12.0. The largest absolute Gasteiger partial charge is 0.364 e. The fourth-order valence-electron chi connectivity index (χ4n) is 2.42. The Morgan fingerprint density at radius 2 is 2.11 bits per heavy atom. The van der Waals surface area contributed by atoms with Crippen molar-refractivity contribution in [2.75, 3.05) is 34.4 Å². The van der Waals surface area contributed by atoms with Crippen molar-refractivity contribution in [1.82, 2.24) is 4.90 Å². The minimum Gasteiger partial charge on any atom is -0.364 e. The smallest absolute Gasteiger partial charge is 0.256 e. The lowest BCUT2D eigenvalue weighted by atomic mass is 9.93. The molecule has 7 heteroatoms. The third-order valence-electron chi connectivity index (χ3n) is 3.24. The Kier molecular flexibility index (Phi) is 4.42. The van der Waals surface area contributed by atoms with Crippen molar-refractivity contribution in [3.8, 4) is 0 Å². The van der Waals surface area contributed by atoms with E-state index in [0.29, 0.717) is 6.61 Å². The third-order valence-corrected chi connectivity index (χ3v) is 3.24. The van der Waals surface area contributed by atoms with Gasteiger partial charge in [-0.2, -0.15) is 0 Å². The lowest BCUT2D eigenvalue weighted by Gasteiger charge is -2.47. The van der Waals surface area contributed by atoms with Crippen LogP contribution in [0.25, 0.3) is 0 Å². The number of rotatable bonds is 6. The average molecular weight is 275 g/mol. The van der Waals surface area contributed by atoms with Gasteiger partial charge in [-0.25, -0.2) is 0 Å². The van der Waals surface area contributed by atoms with Crippen molar-refractivity contribution in [1.29, 1.82) is 0 Å². The molecule has 7 nitrogen and oxygen atoms in total. The summed E-state index contributed by atoms with van der Waals surface area (Å²) in [6.07, 6.45) is -0.776. The molecule has 0 bridgehead atoms. The normalized spacial score (nSPS) is 33.6. The van der Waals surface area contributed by atoms with Gasteiger partial charge in [-0.1, -0.05) is 0 Å². The van der Waals surface area contributed by atoms with E-state index in [1.807, 2.05) is 13.8 Å². The van der Waals surface area contributed by atoms with Crippen LogP contribution in [-0.2, 0) is 28.5 Å². The van der Waals surface area contributed by atoms with E-state index < -0.39 is 11.9 Å². The molecule has 0 radical (unpaired) electrons. The van der Waals surface area contributed by atoms with Crippen LogP contribution < -0.4 is 0 Å². The van der Waals surface area contributed by atoms with Crippen molar-refractivity contribution in [3.63, 3.8) is 0 Å². The zero-order chi connectivity index (χ0) is 14.0. The van der Waals surface area contributed by atoms with Crippen LogP contribution in [0.2, 0.25) is 0 Å². The summed E-state index contributed by atoms with van der Waals surface area (Å²) in [4.78, 5) is 13.5. The summed E-state index contributed by atoms with van der Waals surface area (Å²) in [5.74, 6) is -0.745. The van der Waals surface area contributed by atoms with Crippen LogP contribution in [0.1, 0.15) is 13.8 Å². The van der Waals surface area contributed by atoms with Gasteiger partial charge in [0.1, 0.15) is 19.6 Å². The summed E-state index contributed by atoms with van der Waals surface area (Å²) in [7, 11) is 3.06. The van der Waals surface area contributed by atoms with Crippen molar-refractivity contribution in [3.05, 3.63) is 0 Å². The zero-order valence-corrected chi connectivity index (χ0v) is 11.8. The Balaban J connectivity index is 2.02. The van der Waals surface area contributed by atoms with E-state index in [1.165, 1.54) is 7.11 Å². The van der Waals surface area contributed by atoms with E-state index >= 15 is 0 Å². The van der Waals surface area contributed by atoms with E-state index in [4.69, 9.17) is 23.7 Å². The van der Waals surface area contributed by atoms with Gasteiger partial charge in [0.15, 0.2) is 11.9 Å². The highest BCUT2D eigenvalue weighted by atomic mass is 16.7. The number of β-lactam (4-membered cyclic amide) rings is 1. The molecule has 2 rings (SSSR count). The Labute approximate surface area is 112 Å². The molecule has 0 aromatic rings. The Hall–Kier alpha value is -0.730. The number of hydrogen-bond acceptors (Lipinski definition) is 6. The van der Waals surface area contributed by atoms with E-state index in [9.17, 15) is 4.79 Å². The van der Waals surface area contributed by atoms with Crippen LogP contribution in [0.5, 0.6) is 0 Å². The van der Waals surface area contributed by atoms with Crippen molar-refractivity contribution < 1.29 is 28.5 Å². The molecule has 2 heterocycles. The number of likely N-dealkylation sites (tertiary alicyclic amines) is 1. The van der Waals surface area contributed by atoms with E-state index in [-0.39, 0.29) is 31.6 Å². The molecule has 110 valence electrons. The lowest BCUT2D eigenvalue weighted by molar-refractivity contribution is -0.216. The molecule has 0 aliphatic carbocycles. The number of carbonyl (C=O) groups excluding carboxylic acids is 1. The third kappa shape index (κ3) is 2.90. The molecule has 0 unspecified atom stereocenters. The highest BCUT2D eigenvalue weighted by Gasteiger charge is 2.55. The SMILES string of the molecule is COCO[C@H]1C(=O)N(COC)[C@H]1[C@H]1COC(C)(C)O1. The van der Waals surface area contributed by atoms with Gasteiger partial charge < -0.3 is 28.6 Å². The van der Waals surface area contributed by atoms with E-state index in [0.717, 1.165) is 0 Å². The molecule has 2 aliphatic rings. The summed E-state index contributed by atoms with van der Waals surface area (Å²) in [6, 6.07) is -0.204. The standard InChI is InChI=1S/C12H21NO6/c1-12(2)18-5-8(19-12)9-10(17-7-16-4)11(14)13(9)6-15-3/h8-10H,5-7H2,1-4H3/t8-,9+,10-/m1/s1. The van der Waals surface area contributed by atoms with Gasteiger partial charge in [0.05, 0.1) is 12.6 Å². The molecule has 2 aliphatic heterocycles. The first-order chi connectivity index (χ1) is 9.00. The fourth-order valence-corrected chi connectivity index (χ4v) is 2.42. The van der Waals surface area contributed by atoms with Crippen molar-refractivity contribution in [2.45, 2.75) is 37.9 Å². The van der Waals surface area contributed by atoms with Gasteiger partial charge in [-0.05, 0) is 13.8 Å². The lowest BCUT2D eigenvalue weighted by Crippen LogP contribution is -2.70. The van der Waals surface area contributed by atoms with Gasteiger partial charge in [0.25, 0.3) is 5.91 Å². The summed E-state index contributed by atoms with van der Waals surface area (Å²) in [6.45, 7) is 4.41. The van der Waals surface area contributed by atoms with Gasteiger partial charge in [-0.15, -0.1) is 0 Å². The monoisotopic (exact) mass is 275 g/mol. The predicted molar refractivity (Wildman–Crippen MR) is 64.2 cm³/mol. The number of hydrogen-bond donors (Lipinski definition) is 0. The van der Waals surface area contributed by atoms with Gasteiger partial charge in [0, 0.05) is 14.2 Å². The van der Waals surface area contributed by atoms with Crippen LogP contribution in [0.4, 0.5) is 0 Å². The summed E-state index contributed by atoms with van der Waals surface area (Å²) in [5, 5.41) is 0. The second kappa shape index (κ2) is 5.72. The fraction of sp³-hybridized carbons (Fsp3) is 0.917. The highest BCUT2D eigenvalue weighted by molar-refractivity contribution is 5.88. The van der Waals surface area contributed by atoms with Crippen LogP contribution in [0, 0.1) is 0 Å². The molecule has 0 N–H and O–H groups in total. The minimum atomic E-state index is -0.631. The number of nitrogens with zero attached hydrogens (tertiary/aromatic N) is 1. The van der Waals surface area contributed by atoms with E-state index in [2.05, 4.69) is 0 Å². The molecule has 0 spiro atoms. The molecule has 0 aromatic carbocycles. The van der Waals surface area contributed by atoms with Gasteiger partial charge >= 0.3 is 0 Å². The van der Waals surface area contributed by atoms with Crippen LogP contribution in [0.15, 0.2) is 0 Å². The quantitative estimate of drug-likeness (QED) is 0.500. The topological polar surface area (TPSA) is 66.5 Å². The highest BCUT2D eigenvalue weighted by Crippen LogP contribution is 2.33. The Morgan fingerprint density at radius 3 is 2.63 bits per heavy atom. The number of ether oxygens (including phenoxy) is 5. The second-order valence-electron chi connectivity index (χ2n) is 5.08. The maximum Gasteiger partial charge on any atom is 0.256 e. The Bertz CT molecular complexity index is 334. The molecule has 0 aromatic heterocycles. The minimum absolute atomic E-state index is 0.0741. The molecule has 1 amide bonds. The number of carbonyl (C=O) groups is 1. The number of methoxy groups -OCH3 is 2. The summed E-state index contributed by atoms with van der Waals surface area (Å²) in [5.41, 5.74) is 0. The number of amides is 1. The first-order valence-electron chi connectivity index (χ1n) is 6.22. The summed E-state index contributed by atoms with van der Waals surface area (Å²) >= 11 is 0. The van der Waals surface area contributed by atoms with Crippen molar-refractivity contribution >= 4 is 5.91 Å². The zero-order valence-electron chi connectivity index (χ0n) is 11.8. The predicted octanol–water partition coefficient (Wildman–Crippen LogP) is -0.0583. The second-order valence-corrected chi connectivity index (χ2v) is 5.08. The van der Waals surface area contributed by atoms with Crippen LogP contribution in [-0.4, -0.2) is 69.2 Å². The van der Waals surface area contributed by atoms with Gasteiger partial charge in [-0.3, -0.25) is 4.79 Å². The van der Waals surface area contributed by atoms with Crippen LogP contribution >= 0.6 is 0 Å². The summed E-state index contributed by atoms with van der Waals surface area (Å²) < 4.78 is 26.6. The molecule has 0 saturated carbocycles. The van der Waals surface area contributed by atoms with Gasteiger partial charge in [0.2, 0.25) is 0 Å². The average Bonchev–Trinajstić information content (AvgIpc) is 2.71. The molecule has 3 atom stereocenters.